The van der Waals surface area contributed by atoms with Gasteiger partial charge in [0.15, 0.2) is 0 Å². The van der Waals surface area contributed by atoms with Gasteiger partial charge in [0.1, 0.15) is 0 Å². The van der Waals surface area contributed by atoms with Gasteiger partial charge in [-0.1, -0.05) is 32.0 Å². The molecule has 0 unspecified atom stereocenters. The Labute approximate surface area is 150 Å². The first-order valence-corrected chi connectivity index (χ1v) is 9.39. The summed E-state index contributed by atoms with van der Waals surface area (Å²) in [5, 5.41) is 3.20. The summed E-state index contributed by atoms with van der Waals surface area (Å²) in [7, 11) is 2.08. The van der Waals surface area contributed by atoms with Crippen molar-refractivity contribution in [3.05, 3.63) is 53.3 Å². The summed E-state index contributed by atoms with van der Waals surface area (Å²) in [5.74, 6) is 0.0942. The lowest BCUT2D eigenvalue weighted by Gasteiger charge is -2.25. The van der Waals surface area contributed by atoms with E-state index in [9.17, 15) is 4.79 Å². The Morgan fingerprint density at radius 3 is 2.48 bits per heavy atom. The van der Waals surface area contributed by atoms with Crippen LogP contribution in [0.15, 0.2) is 36.5 Å². The zero-order valence-electron chi connectivity index (χ0n) is 15.6. The fourth-order valence-corrected chi connectivity index (χ4v) is 3.94. The normalized spacial score (nSPS) is 17.8. The molecule has 1 atom stereocenters. The van der Waals surface area contributed by atoms with Gasteiger partial charge in [0.05, 0.1) is 12.6 Å². The van der Waals surface area contributed by atoms with Crippen molar-refractivity contribution in [2.75, 3.05) is 18.4 Å². The summed E-state index contributed by atoms with van der Waals surface area (Å²) in [4.78, 5) is 15.1. The van der Waals surface area contributed by atoms with Crippen molar-refractivity contribution in [3.63, 3.8) is 0 Å². The molecule has 4 nitrogen and oxygen atoms in total. The molecule has 0 radical (unpaired) electrons. The lowest BCUT2D eigenvalue weighted by molar-refractivity contribution is -0.117. The molecule has 0 aliphatic carbocycles. The zero-order valence-corrected chi connectivity index (χ0v) is 15.6. The smallest absolute Gasteiger partial charge is 0.238 e. The van der Waals surface area contributed by atoms with Crippen LogP contribution in [0.2, 0.25) is 0 Å². The van der Waals surface area contributed by atoms with Crippen molar-refractivity contribution in [2.24, 2.45) is 7.05 Å². The lowest BCUT2D eigenvalue weighted by Crippen LogP contribution is -2.33. The topological polar surface area (TPSA) is 37.3 Å². The number of para-hydroxylation sites is 1. The monoisotopic (exact) mass is 339 g/mol. The number of carbonyl (C=O) groups is 1. The number of benzene rings is 1. The molecule has 2 heterocycles. The minimum Gasteiger partial charge on any atom is -0.353 e. The van der Waals surface area contributed by atoms with E-state index in [1.807, 2.05) is 0 Å². The fourth-order valence-electron chi connectivity index (χ4n) is 3.94. The Balaban J connectivity index is 1.72. The summed E-state index contributed by atoms with van der Waals surface area (Å²) in [6.07, 6.45) is 6.21. The molecule has 1 aliphatic heterocycles. The van der Waals surface area contributed by atoms with Crippen LogP contribution < -0.4 is 5.32 Å². The number of nitrogens with zero attached hydrogens (tertiary/aromatic N) is 2. The largest absolute Gasteiger partial charge is 0.353 e. The number of hydrogen-bond acceptors (Lipinski definition) is 2. The first-order chi connectivity index (χ1) is 12.1. The predicted octanol–water partition coefficient (Wildman–Crippen LogP) is 3.93. The Morgan fingerprint density at radius 1 is 1.16 bits per heavy atom. The fraction of sp³-hybridized carbons (Fsp3) is 0.476. The van der Waals surface area contributed by atoms with Crippen LogP contribution in [0.25, 0.3) is 0 Å². The second-order valence-electron chi connectivity index (χ2n) is 6.88. The van der Waals surface area contributed by atoms with Crippen molar-refractivity contribution in [1.82, 2.24) is 9.47 Å². The first-order valence-electron chi connectivity index (χ1n) is 9.39. The van der Waals surface area contributed by atoms with Gasteiger partial charge in [-0.15, -0.1) is 0 Å². The SMILES string of the molecule is CCc1cccc(CC)c1NC(=O)CN1CCC[C@H]1c1cccn1C. The highest BCUT2D eigenvalue weighted by Gasteiger charge is 2.29. The lowest BCUT2D eigenvalue weighted by atomic mass is 10.0. The molecule has 0 spiro atoms. The number of amides is 1. The highest BCUT2D eigenvalue weighted by Crippen LogP contribution is 2.31. The molecule has 25 heavy (non-hydrogen) atoms. The van der Waals surface area contributed by atoms with Gasteiger partial charge in [-0.2, -0.15) is 0 Å². The van der Waals surface area contributed by atoms with Gasteiger partial charge in [0, 0.05) is 24.6 Å². The van der Waals surface area contributed by atoms with E-state index in [1.54, 1.807) is 0 Å². The minimum absolute atomic E-state index is 0.0942. The van der Waals surface area contributed by atoms with E-state index in [0.29, 0.717) is 12.6 Å². The van der Waals surface area contributed by atoms with E-state index in [-0.39, 0.29) is 5.91 Å². The van der Waals surface area contributed by atoms with Crippen LogP contribution in [0.3, 0.4) is 0 Å². The van der Waals surface area contributed by atoms with Crippen molar-refractivity contribution in [3.8, 4) is 0 Å². The third-order valence-electron chi connectivity index (χ3n) is 5.30. The van der Waals surface area contributed by atoms with E-state index in [1.165, 1.54) is 16.8 Å². The van der Waals surface area contributed by atoms with E-state index in [2.05, 4.69) is 72.2 Å². The van der Waals surface area contributed by atoms with E-state index >= 15 is 0 Å². The van der Waals surface area contributed by atoms with Gasteiger partial charge >= 0.3 is 0 Å². The van der Waals surface area contributed by atoms with Gasteiger partial charge in [0.2, 0.25) is 5.91 Å². The quantitative estimate of drug-likeness (QED) is 0.866. The van der Waals surface area contributed by atoms with Crippen molar-refractivity contribution >= 4 is 11.6 Å². The van der Waals surface area contributed by atoms with E-state index in [4.69, 9.17) is 0 Å². The first kappa shape index (κ1) is 17.7. The second-order valence-corrected chi connectivity index (χ2v) is 6.88. The van der Waals surface area contributed by atoms with E-state index in [0.717, 1.165) is 37.9 Å². The molecule has 1 saturated heterocycles. The molecule has 2 aromatic rings. The van der Waals surface area contributed by atoms with E-state index < -0.39 is 0 Å². The van der Waals surface area contributed by atoms with Crippen LogP contribution in [0.5, 0.6) is 0 Å². The van der Waals surface area contributed by atoms with Gasteiger partial charge < -0.3 is 9.88 Å². The maximum absolute atomic E-state index is 12.7. The third-order valence-corrected chi connectivity index (χ3v) is 5.30. The number of likely N-dealkylation sites (tertiary alicyclic amines) is 1. The van der Waals surface area contributed by atoms with Gasteiger partial charge in [-0.25, -0.2) is 0 Å². The third kappa shape index (κ3) is 3.79. The molecule has 1 N–H and O–H groups in total. The minimum atomic E-state index is 0.0942. The number of nitrogens with one attached hydrogen (secondary N) is 1. The Kier molecular flexibility index (Phi) is 5.59. The van der Waals surface area contributed by atoms with Crippen LogP contribution in [0.1, 0.15) is 49.6 Å². The van der Waals surface area contributed by atoms with Crippen LogP contribution >= 0.6 is 0 Å². The Morgan fingerprint density at radius 2 is 1.88 bits per heavy atom. The molecule has 1 aromatic carbocycles. The Hall–Kier alpha value is -2.07. The van der Waals surface area contributed by atoms with Gasteiger partial charge in [-0.05, 0) is 55.5 Å². The molecule has 0 bridgehead atoms. The Bertz CT molecular complexity index is 712. The molecule has 0 saturated carbocycles. The summed E-state index contributed by atoms with van der Waals surface area (Å²) < 4.78 is 2.17. The summed E-state index contributed by atoms with van der Waals surface area (Å²) >= 11 is 0. The molecule has 4 heteroatoms. The summed E-state index contributed by atoms with van der Waals surface area (Å²) in [6.45, 7) is 5.71. The van der Waals surface area contributed by atoms with Crippen LogP contribution in [-0.4, -0.2) is 28.5 Å². The second kappa shape index (κ2) is 7.87. The maximum Gasteiger partial charge on any atom is 0.238 e. The van der Waals surface area contributed by atoms with Crippen LogP contribution in [0.4, 0.5) is 5.69 Å². The van der Waals surface area contributed by atoms with Crippen LogP contribution in [-0.2, 0) is 24.7 Å². The molecular formula is C21H29N3O. The maximum atomic E-state index is 12.7. The molecular weight excluding hydrogens is 310 g/mol. The standard InChI is InChI=1S/C21H29N3O/c1-4-16-9-6-10-17(5-2)21(16)22-20(25)15-24-14-8-12-19(24)18-11-7-13-23(18)3/h6-7,9-11,13,19H,4-5,8,12,14-15H2,1-3H3,(H,22,25)/t19-/m0/s1. The van der Waals surface area contributed by atoms with Crippen molar-refractivity contribution in [1.29, 1.82) is 0 Å². The summed E-state index contributed by atoms with van der Waals surface area (Å²) in [6, 6.07) is 10.9. The number of carbonyl (C=O) groups excluding carboxylic acids is 1. The number of aryl methyl sites for hydroxylation is 3. The molecule has 134 valence electrons. The predicted molar refractivity (Wildman–Crippen MR) is 103 cm³/mol. The van der Waals surface area contributed by atoms with Crippen LogP contribution in [0, 0.1) is 0 Å². The number of anilines is 1. The van der Waals surface area contributed by atoms with Crippen molar-refractivity contribution < 1.29 is 4.79 Å². The average molecular weight is 339 g/mol. The molecule has 1 fully saturated rings. The highest BCUT2D eigenvalue weighted by atomic mass is 16.2. The average Bonchev–Trinajstić information content (AvgIpc) is 3.23. The molecule has 1 aliphatic rings. The molecule has 3 rings (SSSR count). The highest BCUT2D eigenvalue weighted by molar-refractivity contribution is 5.94. The van der Waals surface area contributed by atoms with Gasteiger partial charge in [-0.3, -0.25) is 9.69 Å². The zero-order chi connectivity index (χ0) is 17.8. The number of aromatic nitrogens is 1. The summed E-state index contributed by atoms with van der Waals surface area (Å²) in [5.41, 5.74) is 4.75. The molecule has 1 aromatic heterocycles. The van der Waals surface area contributed by atoms with Gasteiger partial charge in [0.25, 0.3) is 0 Å². The number of hydrogen-bond donors (Lipinski definition) is 1. The molecule has 1 amide bonds. The van der Waals surface area contributed by atoms with Crippen molar-refractivity contribution in [2.45, 2.75) is 45.6 Å². The number of rotatable bonds is 6.